The number of nitrogens with two attached hydrogens (primary N) is 1. The Morgan fingerprint density at radius 1 is 0.852 bits per heavy atom. The Kier molecular flexibility index (Phi) is 11.5. The summed E-state index contributed by atoms with van der Waals surface area (Å²) in [6.45, 7) is 16.0. The van der Waals surface area contributed by atoms with Crippen molar-refractivity contribution in [1.29, 1.82) is 0 Å². The van der Waals surface area contributed by atoms with Crippen LogP contribution in [0.4, 0.5) is 11.8 Å². The van der Waals surface area contributed by atoms with Gasteiger partial charge in [0.05, 0.1) is 40.3 Å². The van der Waals surface area contributed by atoms with Crippen LogP contribution in [0.1, 0.15) is 75.8 Å². The van der Waals surface area contributed by atoms with Crippen LogP contribution in [0.2, 0.25) is 0 Å². The minimum Gasteiger partial charge on any atom is -0.508 e. The minimum atomic E-state index is -0.246. The molecule has 0 spiro atoms. The number of carbonyl (C=O) groups is 2. The van der Waals surface area contributed by atoms with E-state index in [0.717, 1.165) is 117 Å². The van der Waals surface area contributed by atoms with E-state index in [1.165, 1.54) is 16.5 Å². The molecule has 2 aromatic carbocycles. The van der Waals surface area contributed by atoms with Crippen molar-refractivity contribution < 1.29 is 24.5 Å². The van der Waals surface area contributed by atoms with Gasteiger partial charge in [0.15, 0.2) is 11.6 Å². The maximum Gasteiger partial charge on any atom is 0.258 e. The number of phenolic OH excluding ortho intramolecular Hbond substituents is 2. The highest BCUT2D eigenvalue weighted by Gasteiger charge is 2.32. The molecule has 0 aliphatic carbocycles. The number of hydrogen-bond donors (Lipinski definition) is 3. The summed E-state index contributed by atoms with van der Waals surface area (Å²) >= 11 is 1.75. The first-order chi connectivity index (χ1) is 29.5. The number of aryl methyl sites for hydroxylation is 1. The molecule has 3 saturated heterocycles. The van der Waals surface area contributed by atoms with Crippen LogP contribution >= 0.6 is 11.3 Å². The summed E-state index contributed by atoms with van der Waals surface area (Å²) in [5.41, 5.74) is 12.5. The van der Waals surface area contributed by atoms with Gasteiger partial charge >= 0.3 is 0 Å². The van der Waals surface area contributed by atoms with Gasteiger partial charge in [-0.2, -0.15) is 0 Å². The molecular weight excluding hydrogens is 793 g/mol. The molecule has 2 amide bonds. The second kappa shape index (κ2) is 17.2. The standard InChI is InChI=1S/C45H54N10O5S/c1-27(2)34-20-35(39(57)21-38(34)56)44(59)55-24-31-5-4-29(18-32(31)25-55)23-52-10-12-54(13-11-52)43(58)30-6-8-51(9-7-30)26-33-19-37-40(61-33)42(53-14-16-60-17-15-53)50-41(49-37)36-22-47-45(46)48-28(36)3/h4-5,18-22,27,30,56-57H,6-17,23-26H2,1-3H3,(H2,46,47,48). The Bertz CT molecular complexity index is 2450. The van der Waals surface area contributed by atoms with Crippen molar-refractivity contribution in [3.63, 3.8) is 0 Å². The van der Waals surface area contributed by atoms with Gasteiger partial charge in [-0.15, -0.1) is 11.3 Å². The Morgan fingerprint density at radius 2 is 1.59 bits per heavy atom. The molecule has 15 nitrogen and oxygen atoms in total. The predicted octanol–water partition coefficient (Wildman–Crippen LogP) is 5.12. The van der Waals surface area contributed by atoms with Crippen LogP contribution in [0, 0.1) is 12.8 Å². The molecule has 9 rings (SSSR count). The molecule has 3 aromatic heterocycles. The van der Waals surface area contributed by atoms with Crippen LogP contribution in [0.3, 0.4) is 0 Å². The highest BCUT2D eigenvalue weighted by Crippen LogP contribution is 2.37. The van der Waals surface area contributed by atoms with E-state index in [-0.39, 0.29) is 46.7 Å². The summed E-state index contributed by atoms with van der Waals surface area (Å²) in [6, 6.07) is 11.5. The number of hydrogen-bond acceptors (Lipinski definition) is 14. The third-order valence-electron chi connectivity index (χ3n) is 12.6. The Labute approximate surface area is 359 Å². The Morgan fingerprint density at radius 3 is 2.33 bits per heavy atom. The van der Waals surface area contributed by atoms with Gasteiger partial charge in [0.25, 0.3) is 5.91 Å². The lowest BCUT2D eigenvalue weighted by atomic mass is 9.95. The maximum atomic E-state index is 13.8. The first-order valence-electron chi connectivity index (χ1n) is 21.4. The highest BCUT2D eigenvalue weighted by molar-refractivity contribution is 7.19. The molecule has 61 heavy (non-hydrogen) atoms. The number of piperidine rings is 1. The minimum absolute atomic E-state index is 0.00248. The number of phenols is 2. The summed E-state index contributed by atoms with van der Waals surface area (Å²) in [5, 5.41) is 20.8. The van der Waals surface area contributed by atoms with E-state index < -0.39 is 0 Å². The molecule has 0 atom stereocenters. The number of fused-ring (bicyclic) bond motifs is 2. The zero-order valence-electron chi connectivity index (χ0n) is 35.1. The fourth-order valence-corrected chi connectivity index (χ4v) is 10.3. The normalized spacial score (nSPS) is 18.1. The number of morpholine rings is 1. The molecule has 5 aromatic rings. The summed E-state index contributed by atoms with van der Waals surface area (Å²) in [7, 11) is 0. The van der Waals surface area contributed by atoms with Crippen LogP contribution < -0.4 is 10.6 Å². The van der Waals surface area contributed by atoms with Crippen molar-refractivity contribution in [2.24, 2.45) is 5.92 Å². The third kappa shape index (κ3) is 8.58. The van der Waals surface area contributed by atoms with Crippen molar-refractivity contribution in [2.75, 3.05) is 76.2 Å². The third-order valence-corrected chi connectivity index (χ3v) is 13.7. The zero-order valence-corrected chi connectivity index (χ0v) is 36.0. The van der Waals surface area contributed by atoms with Gasteiger partial charge in [-0.3, -0.25) is 19.4 Å². The average molecular weight is 847 g/mol. The van der Waals surface area contributed by atoms with Crippen LogP contribution in [-0.2, 0) is 35.7 Å². The van der Waals surface area contributed by atoms with Crippen molar-refractivity contribution in [3.8, 4) is 22.9 Å². The lowest BCUT2D eigenvalue weighted by molar-refractivity contribution is -0.139. The topological polar surface area (TPSA) is 178 Å². The highest BCUT2D eigenvalue weighted by atomic mass is 32.1. The Balaban J connectivity index is 0.771. The lowest BCUT2D eigenvalue weighted by Gasteiger charge is -2.38. The fraction of sp³-hybridized carbons (Fsp3) is 0.467. The number of piperazine rings is 1. The number of benzene rings is 2. The van der Waals surface area contributed by atoms with E-state index in [1.807, 2.05) is 20.8 Å². The summed E-state index contributed by atoms with van der Waals surface area (Å²) < 4.78 is 6.72. The zero-order chi connectivity index (χ0) is 42.4. The lowest BCUT2D eigenvalue weighted by Crippen LogP contribution is -2.51. The molecule has 320 valence electrons. The molecule has 0 radical (unpaired) electrons. The van der Waals surface area contributed by atoms with Gasteiger partial charge in [0.2, 0.25) is 11.9 Å². The van der Waals surface area contributed by atoms with E-state index in [0.29, 0.717) is 37.7 Å². The molecule has 7 heterocycles. The van der Waals surface area contributed by atoms with Crippen LogP contribution in [0.5, 0.6) is 11.5 Å². The quantitative estimate of drug-likeness (QED) is 0.178. The van der Waals surface area contributed by atoms with Gasteiger partial charge in [-0.05, 0) is 73.2 Å². The van der Waals surface area contributed by atoms with Gasteiger partial charge in [0, 0.05) is 88.5 Å². The molecule has 0 bridgehead atoms. The van der Waals surface area contributed by atoms with E-state index in [9.17, 15) is 19.8 Å². The number of ether oxygens (including phenoxy) is 1. The molecule has 0 saturated carbocycles. The van der Waals surface area contributed by atoms with Crippen molar-refractivity contribution in [2.45, 2.75) is 65.7 Å². The molecule has 3 fully saturated rings. The van der Waals surface area contributed by atoms with Crippen molar-refractivity contribution in [3.05, 3.63) is 81.0 Å². The number of likely N-dealkylation sites (tertiary alicyclic amines) is 1. The second-order valence-electron chi connectivity index (χ2n) is 17.1. The van der Waals surface area contributed by atoms with Crippen molar-refractivity contribution in [1.82, 2.24) is 39.5 Å². The number of aromatic hydroxyl groups is 2. The van der Waals surface area contributed by atoms with E-state index in [2.05, 4.69) is 53.8 Å². The molecule has 4 aliphatic rings. The van der Waals surface area contributed by atoms with Crippen molar-refractivity contribution >= 4 is 45.1 Å². The van der Waals surface area contributed by atoms with Gasteiger partial charge in [-0.1, -0.05) is 32.0 Å². The number of amides is 2. The number of carbonyl (C=O) groups excluding carboxylic acids is 2. The molecule has 16 heteroatoms. The van der Waals surface area contributed by atoms with Gasteiger partial charge in [0.1, 0.15) is 11.5 Å². The monoisotopic (exact) mass is 846 g/mol. The van der Waals surface area contributed by atoms with E-state index in [1.54, 1.807) is 28.5 Å². The van der Waals surface area contributed by atoms with E-state index >= 15 is 0 Å². The first-order valence-corrected chi connectivity index (χ1v) is 22.2. The predicted molar refractivity (Wildman–Crippen MR) is 234 cm³/mol. The summed E-state index contributed by atoms with van der Waals surface area (Å²) in [4.78, 5) is 58.1. The van der Waals surface area contributed by atoms with Crippen LogP contribution in [-0.4, -0.2) is 127 Å². The molecule has 0 unspecified atom stereocenters. The number of thiophene rings is 1. The fourth-order valence-electron chi connectivity index (χ4n) is 9.15. The number of aromatic nitrogens is 4. The number of nitrogen functional groups attached to an aromatic ring is 1. The average Bonchev–Trinajstić information content (AvgIpc) is 3.87. The number of nitrogens with zero attached hydrogens (tertiary/aromatic N) is 9. The SMILES string of the molecule is Cc1nc(N)ncc1-c1nc(N2CCOCC2)c2sc(CN3CCC(C(=O)N4CCN(Cc5ccc6c(c5)CN(C(=O)c5cc(C(C)C)c(O)cc5O)C6)CC4)CC3)cc2n1. The first kappa shape index (κ1) is 41.0. The summed E-state index contributed by atoms with van der Waals surface area (Å²) in [6.07, 6.45) is 3.40. The maximum absolute atomic E-state index is 13.8. The van der Waals surface area contributed by atoms with Gasteiger partial charge < -0.3 is 35.4 Å². The smallest absolute Gasteiger partial charge is 0.258 e. The van der Waals surface area contributed by atoms with Gasteiger partial charge in [-0.25, -0.2) is 19.9 Å². The molecule has 4 N–H and O–H groups in total. The van der Waals surface area contributed by atoms with Crippen LogP contribution in [0.25, 0.3) is 21.6 Å². The number of rotatable bonds is 9. The number of anilines is 2. The van der Waals surface area contributed by atoms with Crippen LogP contribution in [0.15, 0.2) is 42.6 Å². The molecule has 4 aliphatic heterocycles. The largest absolute Gasteiger partial charge is 0.508 e. The summed E-state index contributed by atoms with van der Waals surface area (Å²) in [5.74, 6) is 1.62. The Hall–Kier alpha value is -5.42. The second-order valence-corrected chi connectivity index (χ2v) is 18.3. The van der Waals surface area contributed by atoms with E-state index in [4.69, 9.17) is 20.4 Å². The molecular formula is C45H54N10O5S.